The van der Waals surface area contributed by atoms with Gasteiger partial charge in [-0.2, -0.15) is 0 Å². The van der Waals surface area contributed by atoms with Crippen molar-refractivity contribution in [2.24, 2.45) is 0 Å². The Morgan fingerprint density at radius 2 is 1.30 bits per heavy atom. The molecule has 0 spiro atoms. The molecule has 2 aromatic rings. The number of rotatable bonds is 8. The first kappa shape index (κ1) is 20.2. The van der Waals surface area contributed by atoms with Gasteiger partial charge < -0.3 is 15.4 Å². The van der Waals surface area contributed by atoms with Crippen LogP contribution in [0.1, 0.15) is 18.1 Å². The molecule has 0 radical (unpaired) electrons. The highest BCUT2D eigenvalue weighted by atomic mass is 16.5. The van der Waals surface area contributed by atoms with Gasteiger partial charge in [0.1, 0.15) is 12.1 Å². The van der Waals surface area contributed by atoms with Crippen molar-refractivity contribution in [3.8, 4) is 0 Å². The molecule has 0 unspecified atom stereocenters. The van der Waals surface area contributed by atoms with Gasteiger partial charge in [0.2, 0.25) is 11.8 Å². The van der Waals surface area contributed by atoms with E-state index in [4.69, 9.17) is 4.74 Å². The molecule has 0 fully saturated rings. The molecule has 2 atom stereocenters. The summed E-state index contributed by atoms with van der Waals surface area (Å²) >= 11 is 0. The Bertz CT molecular complexity index is 762. The highest BCUT2D eigenvalue weighted by molar-refractivity contribution is 5.90. The number of carbonyl (C=O) groups excluding carboxylic acids is 3. The van der Waals surface area contributed by atoms with E-state index >= 15 is 0 Å². The molecule has 27 heavy (non-hydrogen) atoms. The van der Waals surface area contributed by atoms with E-state index in [1.54, 1.807) is 0 Å². The Kier molecular flexibility index (Phi) is 7.55. The summed E-state index contributed by atoms with van der Waals surface area (Å²) in [5.74, 6) is -1.28. The topological polar surface area (TPSA) is 84.5 Å². The van der Waals surface area contributed by atoms with Crippen LogP contribution in [-0.2, 0) is 32.0 Å². The molecule has 6 heteroatoms. The van der Waals surface area contributed by atoms with Crippen molar-refractivity contribution in [2.75, 3.05) is 7.11 Å². The number of ether oxygens (including phenoxy) is 1. The van der Waals surface area contributed by atoms with E-state index in [9.17, 15) is 14.4 Å². The second-order valence-corrected chi connectivity index (χ2v) is 6.22. The fourth-order valence-electron chi connectivity index (χ4n) is 2.76. The van der Waals surface area contributed by atoms with Crippen LogP contribution in [0.4, 0.5) is 0 Å². The predicted octanol–water partition coefficient (Wildman–Crippen LogP) is 1.63. The molecular weight excluding hydrogens is 344 g/mol. The Morgan fingerprint density at radius 3 is 1.74 bits per heavy atom. The highest BCUT2D eigenvalue weighted by Gasteiger charge is 2.27. The molecular formula is C21H24N2O4. The van der Waals surface area contributed by atoms with Crippen molar-refractivity contribution < 1.29 is 19.1 Å². The largest absolute Gasteiger partial charge is 0.467 e. The summed E-state index contributed by atoms with van der Waals surface area (Å²) < 4.78 is 4.82. The SMILES string of the molecule is COC(=O)[C@H](Cc1ccccc1)NC(=O)[C@H](Cc1ccccc1)NC(C)=O. The fourth-order valence-corrected chi connectivity index (χ4v) is 2.76. The molecule has 142 valence electrons. The van der Waals surface area contributed by atoms with Gasteiger partial charge in [-0.3, -0.25) is 9.59 Å². The molecule has 0 saturated heterocycles. The second kappa shape index (κ2) is 10.1. The summed E-state index contributed by atoms with van der Waals surface area (Å²) in [6, 6.07) is 17.1. The smallest absolute Gasteiger partial charge is 0.328 e. The Hall–Kier alpha value is -3.15. The van der Waals surface area contributed by atoms with Gasteiger partial charge in [-0.1, -0.05) is 60.7 Å². The first-order valence-electron chi connectivity index (χ1n) is 8.72. The van der Waals surface area contributed by atoms with Gasteiger partial charge in [-0.15, -0.1) is 0 Å². The molecule has 0 bridgehead atoms. The lowest BCUT2D eigenvalue weighted by molar-refractivity contribution is -0.145. The van der Waals surface area contributed by atoms with Gasteiger partial charge in [0.25, 0.3) is 0 Å². The molecule has 2 amide bonds. The van der Waals surface area contributed by atoms with Crippen LogP contribution in [0, 0.1) is 0 Å². The quantitative estimate of drug-likeness (QED) is 0.694. The summed E-state index contributed by atoms with van der Waals surface area (Å²) in [6.45, 7) is 1.35. The minimum atomic E-state index is -0.836. The number of hydrogen-bond donors (Lipinski definition) is 2. The van der Waals surface area contributed by atoms with E-state index in [0.29, 0.717) is 12.8 Å². The molecule has 0 aliphatic carbocycles. The van der Waals surface area contributed by atoms with E-state index in [0.717, 1.165) is 11.1 Å². The Balaban J connectivity index is 2.13. The van der Waals surface area contributed by atoms with Crippen molar-refractivity contribution in [3.05, 3.63) is 71.8 Å². The lowest BCUT2D eigenvalue weighted by Gasteiger charge is -2.22. The lowest BCUT2D eigenvalue weighted by atomic mass is 10.0. The molecule has 0 aromatic heterocycles. The summed E-state index contributed by atoms with van der Waals surface area (Å²) in [4.78, 5) is 36.4. The number of benzene rings is 2. The highest BCUT2D eigenvalue weighted by Crippen LogP contribution is 2.07. The van der Waals surface area contributed by atoms with Crippen LogP contribution in [0.15, 0.2) is 60.7 Å². The van der Waals surface area contributed by atoms with Crippen molar-refractivity contribution >= 4 is 17.8 Å². The number of esters is 1. The van der Waals surface area contributed by atoms with Gasteiger partial charge in [0.05, 0.1) is 7.11 Å². The summed E-state index contributed by atoms with van der Waals surface area (Å²) in [5, 5.41) is 5.36. The summed E-state index contributed by atoms with van der Waals surface area (Å²) in [7, 11) is 1.28. The van der Waals surface area contributed by atoms with E-state index in [1.807, 2.05) is 60.7 Å². The van der Waals surface area contributed by atoms with Gasteiger partial charge in [-0.05, 0) is 11.1 Å². The van der Waals surface area contributed by atoms with Gasteiger partial charge in [0.15, 0.2) is 0 Å². The van der Waals surface area contributed by atoms with E-state index in [-0.39, 0.29) is 5.91 Å². The zero-order valence-corrected chi connectivity index (χ0v) is 15.5. The Morgan fingerprint density at radius 1 is 0.815 bits per heavy atom. The van der Waals surface area contributed by atoms with Crippen LogP contribution in [-0.4, -0.2) is 37.0 Å². The monoisotopic (exact) mass is 368 g/mol. The van der Waals surface area contributed by atoms with Crippen LogP contribution in [0.5, 0.6) is 0 Å². The third-order valence-corrected chi connectivity index (χ3v) is 4.06. The third kappa shape index (κ3) is 6.58. The standard InChI is InChI=1S/C21H24N2O4/c1-15(24)22-18(13-16-9-5-3-6-10-16)20(25)23-19(21(26)27-2)14-17-11-7-4-8-12-17/h3-12,18-19H,13-14H2,1-2H3,(H,22,24)(H,23,25)/t18-,19-/m0/s1. The van der Waals surface area contributed by atoms with Crippen LogP contribution in [0.2, 0.25) is 0 Å². The molecule has 2 rings (SSSR count). The number of amides is 2. The minimum absolute atomic E-state index is 0.303. The van der Waals surface area contributed by atoms with Crippen LogP contribution in [0.3, 0.4) is 0 Å². The maximum Gasteiger partial charge on any atom is 0.328 e. The first-order valence-corrected chi connectivity index (χ1v) is 8.72. The normalized spacial score (nSPS) is 12.5. The fraction of sp³-hybridized carbons (Fsp3) is 0.286. The van der Waals surface area contributed by atoms with E-state index < -0.39 is 24.0 Å². The Labute approximate surface area is 158 Å². The second-order valence-electron chi connectivity index (χ2n) is 6.22. The number of hydrogen-bond acceptors (Lipinski definition) is 4. The average Bonchev–Trinajstić information content (AvgIpc) is 2.67. The molecule has 0 heterocycles. The predicted molar refractivity (Wildman–Crippen MR) is 102 cm³/mol. The average molecular weight is 368 g/mol. The van der Waals surface area contributed by atoms with E-state index in [2.05, 4.69) is 10.6 Å². The molecule has 6 nitrogen and oxygen atoms in total. The maximum absolute atomic E-state index is 12.8. The molecule has 0 saturated carbocycles. The van der Waals surface area contributed by atoms with Crippen molar-refractivity contribution in [3.63, 3.8) is 0 Å². The molecule has 2 N–H and O–H groups in total. The molecule has 2 aromatic carbocycles. The zero-order valence-electron chi connectivity index (χ0n) is 15.5. The van der Waals surface area contributed by atoms with Crippen LogP contribution < -0.4 is 10.6 Å². The van der Waals surface area contributed by atoms with Crippen molar-refractivity contribution in [2.45, 2.75) is 31.8 Å². The third-order valence-electron chi connectivity index (χ3n) is 4.06. The minimum Gasteiger partial charge on any atom is -0.467 e. The lowest BCUT2D eigenvalue weighted by Crippen LogP contribution is -2.53. The van der Waals surface area contributed by atoms with E-state index in [1.165, 1.54) is 14.0 Å². The number of carbonyl (C=O) groups is 3. The number of methoxy groups -OCH3 is 1. The number of nitrogens with one attached hydrogen (secondary N) is 2. The van der Waals surface area contributed by atoms with Gasteiger partial charge >= 0.3 is 5.97 Å². The summed E-state index contributed by atoms with van der Waals surface area (Å²) in [6.07, 6.45) is 0.628. The van der Waals surface area contributed by atoms with Gasteiger partial charge in [-0.25, -0.2) is 4.79 Å². The van der Waals surface area contributed by atoms with Crippen LogP contribution in [0.25, 0.3) is 0 Å². The van der Waals surface area contributed by atoms with Crippen molar-refractivity contribution in [1.82, 2.24) is 10.6 Å². The van der Waals surface area contributed by atoms with Gasteiger partial charge in [0, 0.05) is 19.8 Å². The van der Waals surface area contributed by atoms with Crippen LogP contribution >= 0.6 is 0 Å². The molecule has 0 aliphatic rings. The first-order chi connectivity index (χ1) is 13.0. The maximum atomic E-state index is 12.8. The van der Waals surface area contributed by atoms with Crippen molar-refractivity contribution in [1.29, 1.82) is 0 Å². The zero-order chi connectivity index (χ0) is 19.6. The molecule has 0 aliphatic heterocycles. The summed E-state index contributed by atoms with van der Waals surface area (Å²) in [5.41, 5.74) is 1.80.